The highest BCUT2D eigenvalue weighted by molar-refractivity contribution is 7.71. The summed E-state index contributed by atoms with van der Waals surface area (Å²) >= 11 is 6.48. The van der Waals surface area contributed by atoms with Crippen molar-refractivity contribution in [3.8, 4) is 16.5 Å². The molecule has 7 nitrogen and oxygen atoms in total. The van der Waals surface area contributed by atoms with E-state index in [4.69, 9.17) is 17.0 Å². The van der Waals surface area contributed by atoms with E-state index in [1.54, 1.807) is 22.8 Å². The van der Waals surface area contributed by atoms with Crippen LogP contribution in [0.2, 0.25) is 0 Å². The highest BCUT2D eigenvalue weighted by Crippen LogP contribution is 2.31. The highest BCUT2D eigenvalue weighted by Gasteiger charge is 2.17. The zero-order chi connectivity index (χ0) is 19.4. The largest absolute Gasteiger partial charge is 0.481 e. The Kier molecular flexibility index (Phi) is 5.77. The molecule has 2 heterocycles. The molecule has 0 aliphatic carbocycles. The molecule has 3 rings (SSSR count). The third-order valence-electron chi connectivity index (χ3n) is 3.51. The van der Waals surface area contributed by atoms with Crippen LogP contribution in [-0.2, 0) is 11.3 Å². The smallest absolute Gasteiger partial charge is 0.264 e. The molecule has 0 aliphatic heterocycles. The number of hydrogen-bond donors (Lipinski definition) is 2. The van der Waals surface area contributed by atoms with E-state index < -0.39 is 11.7 Å². The number of H-pyrrole nitrogens is 1. The van der Waals surface area contributed by atoms with Gasteiger partial charge >= 0.3 is 0 Å². The molecule has 0 atom stereocenters. The Labute approximate surface area is 163 Å². The molecule has 0 spiro atoms. The predicted molar refractivity (Wildman–Crippen MR) is 104 cm³/mol. The molecule has 0 fully saturated rings. The van der Waals surface area contributed by atoms with Gasteiger partial charge in [-0.2, -0.15) is 5.10 Å². The van der Waals surface area contributed by atoms with Crippen LogP contribution in [-0.4, -0.2) is 32.3 Å². The summed E-state index contributed by atoms with van der Waals surface area (Å²) in [5.74, 6) is -0.326. The monoisotopic (exact) mass is 405 g/mol. The van der Waals surface area contributed by atoms with Gasteiger partial charge in [0.15, 0.2) is 33.9 Å². The molecule has 2 N–H and O–H groups in total. The van der Waals surface area contributed by atoms with Gasteiger partial charge in [0, 0.05) is 6.54 Å². The number of amides is 1. The lowest BCUT2D eigenvalue weighted by Crippen LogP contribution is -2.20. The van der Waals surface area contributed by atoms with Gasteiger partial charge in [-0.15, -0.1) is 6.58 Å². The fraction of sp³-hybridized carbons (Fsp3) is 0.176. The molecule has 27 heavy (non-hydrogen) atoms. The van der Waals surface area contributed by atoms with E-state index in [1.165, 1.54) is 23.5 Å². The first-order valence-electron chi connectivity index (χ1n) is 7.90. The van der Waals surface area contributed by atoms with E-state index in [2.05, 4.69) is 27.1 Å². The minimum Gasteiger partial charge on any atom is -0.481 e. The number of ether oxygens (including phenoxy) is 1. The van der Waals surface area contributed by atoms with Gasteiger partial charge in [0.2, 0.25) is 0 Å². The van der Waals surface area contributed by atoms with E-state index in [0.29, 0.717) is 28.0 Å². The Hall–Kier alpha value is -2.85. The number of carbonyl (C=O) groups excluding carboxylic acids is 1. The number of benzene rings is 1. The summed E-state index contributed by atoms with van der Waals surface area (Å²) in [6.45, 7) is 5.70. The van der Waals surface area contributed by atoms with E-state index in [-0.39, 0.29) is 12.4 Å². The summed E-state index contributed by atoms with van der Waals surface area (Å²) in [7, 11) is 0. The summed E-state index contributed by atoms with van der Waals surface area (Å²) < 4.78 is 21.0. The fourth-order valence-electron chi connectivity index (χ4n) is 2.31. The Bertz CT molecular complexity index is 1040. The zero-order valence-corrected chi connectivity index (χ0v) is 16.0. The molecule has 1 aromatic carbocycles. The molecule has 2 aromatic heterocycles. The number of anilines is 1. The van der Waals surface area contributed by atoms with Crippen LogP contribution in [0.15, 0.2) is 36.9 Å². The predicted octanol–water partition coefficient (Wildman–Crippen LogP) is 3.72. The van der Waals surface area contributed by atoms with Crippen molar-refractivity contribution in [1.29, 1.82) is 0 Å². The molecule has 0 saturated heterocycles. The van der Waals surface area contributed by atoms with Crippen molar-refractivity contribution >= 4 is 34.6 Å². The number of rotatable bonds is 7. The molecule has 10 heteroatoms. The van der Waals surface area contributed by atoms with Crippen molar-refractivity contribution in [1.82, 2.24) is 19.7 Å². The Morgan fingerprint density at radius 2 is 2.30 bits per heavy atom. The summed E-state index contributed by atoms with van der Waals surface area (Å²) in [4.78, 5) is 17.2. The summed E-state index contributed by atoms with van der Waals surface area (Å²) in [6, 6.07) is 5.89. The van der Waals surface area contributed by atoms with Crippen LogP contribution in [0.3, 0.4) is 0 Å². The zero-order valence-electron chi connectivity index (χ0n) is 14.4. The second-order valence-corrected chi connectivity index (χ2v) is 6.84. The second-order valence-electron chi connectivity index (χ2n) is 5.45. The number of thiazole rings is 1. The third-order valence-corrected chi connectivity index (χ3v) is 4.89. The molecule has 0 bridgehead atoms. The third kappa shape index (κ3) is 4.29. The topological polar surface area (TPSA) is 84.8 Å². The normalized spacial score (nSPS) is 10.6. The number of halogens is 1. The van der Waals surface area contributed by atoms with Crippen molar-refractivity contribution in [2.75, 3.05) is 11.9 Å². The Balaban J connectivity index is 1.71. The summed E-state index contributed by atoms with van der Waals surface area (Å²) in [6.07, 6.45) is 1.72. The van der Waals surface area contributed by atoms with Gasteiger partial charge < -0.3 is 4.74 Å². The van der Waals surface area contributed by atoms with E-state index in [1.807, 2.05) is 6.92 Å². The van der Waals surface area contributed by atoms with E-state index in [0.717, 1.165) is 4.88 Å². The molecule has 0 radical (unpaired) electrons. The average molecular weight is 405 g/mol. The fourth-order valence-corrected chi connectivity index (χ4v) is 3.50. The lowest BCUT2D eigenvalue weighted by atomic mass is 10.3. The van der Waals surface area contributed by atoms with Crippen molar-refractivity contribution in [3.63, 3.8) is 0 Å². The van der Waals surface area contributed by atoms with Gasteiger partial charge in [-0.25, -0.2) is 9.37 Å². The molecular formula is C17H16FN5O2S2. The Morgan fingerprint density at radius 3 is 3.04 bits per heavy atom. The number of hydrogen-bond acceptors (Lipinski definition) is 6. The van der Waals surface area contributed by atoms with Crippen molar-refractivity contribution in [3.05, 3.63) is 53.2 Å². The first kappa shape index (κ1) is 18.9. The number of aromatic amines is 1. The van der Waals surface area contributed by atoms with Crippen LogP contribution in [0.25, 0.3) is 10.7 Å². The summed E-state index contributed by atoms with van der Waals surface area (Å²) in [5, 5.41) is 10.0. The number of nitrogens with one attached hydrogen (secondary N) is 2. The maximum atomic E-state index is 13.5. The van der Waals surface area contributed by atoms with Crippen LogP contribution in [0.5, 0.6) is 5.75 Å². The molecule has 0 unspecified atom stereocenters. The molecule has 0 aliphatic rings. The molecule has 3 aromatic rings. The number of para-hydroxylation sites is 1. The quantitative estimate of drug-likeness (QED) is 0.462. The lowest BCUT2D eigenvalue weighted by molar-refractivity contribution is -0.118. The number of nitrogens with zero attached hydrogens (tertiary/aromatic N) is 3. The maximum Gasteiger partial charge on any atom is 0.264 e. The number of carbonyl (C=O) groups is 1. The van der Waals surface area contributed by atoms with Crippen LogP contribution in [0, 0.1) is 17.5 Å². The first-order valence-corrected chi connectivity index (χ1v) is 9.13. The Morgan fingerprint density at radius 1 is 1.52 bits per heavy atom. The lowest BCUT2D eigenvalue weighted by Gasteiger charge is -2.06. The maximum absolute atomic E-state index is 13.5. The second kappa shape index (κ2) is 8.23. The minimum absolute atomic E-state index is 0.0172. The number of aromatic nitrogens is 4. The number of aryl methyl sites for hydroxylation is 1. The van der Waals surface area contributed by atoms with Gasteiger partial charge in [0.1, 0.15) is 0 Å². The summed E-state index contributed by atoms with van der Waals surface area (Å²) in [5.41, 5.74) is 0.699. The van der Waals surface area contributed by atoms with Crippen LogP contribution in [0.1, 0.15) is 5.69 Å². The molecule has 140 valence electrons. The molecular weight excluding hydrogens is 389 g/mol. The first-order chi connectivity index (χ1) is 13.0. The van der Waals surface area contributed by atoms with Crippen LogP contribution in [0.4, 0.5) is 9.52 Å². The van der Waals surface area contributed by atoms with Gasteiger partial charge in [-0.3, -0.25) is 19.8 Å². The minimum atomic E-state index is -0.525. The highest BCUT2D eigenvalue weighted by atomic mass is 32.1. The van der Waals surface area contributed by atoms with Gasteiger partial charge in [-0.05, 0) is 31.3 Å². The van der Waals surface area contributed by atoms with Crippen molar-refractivity contribution < 1.29 is 13.9 Å². The number of allylic oxidation sites excluding steroid dienone is 1. The molecule has 1 amide bonds. The average Bonchev–Trinajstić information content (AvgIpc) is 3.17. The van der Waals surface area contributed by atoms with Crippen LogP contribution < -0.4 is 10.1 Å². The van der Waals surface area contributed by atoms with Gasteiger partial charge in [0.05, 0.1) is 10.6 Å². The van der Waals surface area contributed by atoms with E-state index in [9.17, 15) is 9.18 Å². The standard InChI is InChI=1S/C17H16FN5O2S2/c1-3-8-23-15(21-22-17(23)26)14-10(2)19-16(27-14)20-13(24)9-25-12-7-5-4-6-11(12)18/h3-7H,1,8-9H2,2H3,(H,22,26)(H,19,20,24). The van der Waals surface area contributed by atoms with Gasteiger partial charge in [0.25, 0.3) is 5.91 Å². The van der Waals surface area contributed by atoms with Crippen molar-refractivity contribution in [2.24, 2.45) is 0 Å². The van der Waals surface area contributed by atoms with E-state index >= 15 is 0 Å². The molecule has 0 saturated carbocycles. The van der Waals surface area contributed by atoms with Crippen molar-refractivity contribution in [2.45, 2.75) is 13.5 Å². The van der Waals surface area contributed by atoms with Gasteiger partial charge in [-0.1, -0.05) is 29.5 Å². The SMILES string of the molecule is C=CCn1c(-c2sc(NC(=O)COc3ccccc3F)nc2C)n[nH]c1=S. The van der Waals surface area contributed by atoms with Crippen LogP contribution >= 0.6 is 23.6 Å².